The number of nitrogens with one attached hydrogen (secondary N) is 2. The molecule has 7 nitrogen and oxygen atoms in total. The molecule has 2 rings (SSSR count). The molecule has 0 spiro atoms. The van der Waals surface area contributed by atoms with Crippen molar-refractivity contribution in [2.24, 2.45) is 4.99 Å². The Morgan fingerprint density at radius 1 is 1.18 bits per heavy atom. The molecule has 2 N–H and O–H groups in total. The number of para-hydroxylation sites is 2. The second kappa shape index (κ2) is 11.2. The zero-order valence-corrected chi connectivity index (χ0v) is 17.6. The molecule has 1 aromatic carbocycles. The Bertz CT molecular complexity index is 763. The number of hydrogen-bond acceptors (Lipinski definition) is 5. The summed E-state index contributed by atoms with van der Waals surface area (Å²) in [6.07, 6.45) is -0.130. The Morgan fingerprint density at radius 3 is 2.57 bits per heavy atom. The number of carbonyl (C=O) groups is 1. The van der Waals surface area contributed by atoms with E-state index in [1.54, 1.807) is 32.5 Å². The normalized spacial score (nSPS) is 12.2. The van der Waals surface area contributed by atoms with Crippen LogP contribution in [0.15, 0.2) is 46.8 Å². The van der Waals surface area contributed by atoms with E-state index in [2.05, 4.69) is 15.6 Å². The van der Waals surface area contributed by atoms with Crippen LogP contribution in [0.4, 0.5) is 0 Å². The lowest BCUT2D eigenvalue weighted by Gasteiger charge is -2.19. The molecule has 1 atom stereocenters. The van der Waals surface area contributed by atoms with Gasteiger partial charge in [-0.3, -0.25) is 4.79 Å². The van der Waals surface area contributed by atoms with Crippen molar-refractivity contribution < 1.29 is 14.3 Å². The van der Waals surface area contributed by atoms with Crippen LogP contribution in [-0.4, -0.2) is 57.2 Å². The van der Waals surface area contributed by atoms with E-state index in [1.807, 2.05) is 48.7 Å². The summed E-state index contributed by atoms with van der Waals surface area (Å²) in [6, 6.07) is 11.6. The van der Waals surface area contributed by atoms with Gasteiger partial charge in [0.15, 0.2) is 17.5 Å². The van der Waals surface area contributed by atoms with Crippen molar-refractivity contribution in [1.82, 2.24) is 15.5 Å². The highest BCUT2D eigenvalue weighted by atomic mass is 32.1. The van der Waals surface area contributed by atoms with Gasteiger partial charge in [0.25, 0.3) is 0 Å². The van der Waals surface area contributed by atoms with Gasteiger partial charge in [0, 0.05) is 19.0 Å². The SMILES string of the molecule is COc1ccccc1OC(C)CNC(=NCC(=O)N(C)C)NCc1cccs1. The Hall–Kier alpha value is -2.74. The molecule has 0 aliphatic carbocycles. The Kier molecular flexibility index (Phi) is 8.61. The van der Waals surface area contributed by atoms with E-state index in [0.717, 1.165) is 0 Å². The second-order valence-corrected chi connectivity index (χ2v) is 7.38. The van der Waals surface area contributed by atoms with E-state index < -0.39 is 0 Å². The minimum absolute atomic E-state index is 0.0597. The van der Waals surface area contributed by atoms with Crippen molar-refractivity contribution in [2.45, 2.75) is 19.6 Å². The highest BCUT2D eigenvalue weighted by molar-refractivity contribution is 7.09. The fourth-order valence-corrected chi connectivity index (χ4v) is 2.91. The molecule has 0 radical (unpaired) electrons. The number of guanidine groups is 1. The maximum absolute atomic E-state index is 11.9. The third-order valence-electron chi connectivity index (χ3n) is 3.84. The van der Waals surface area contributed by atoms with Gasteiger partial charge in [-0.25, -0.2) is 4.99 Å². The predicted molar refractivity (Wildman–Crippen MR) is 113 cm³/mol. The second-order valence-electron chi connectivity index (χ2n) is 6.35. The Balaban J connectivity index is 1.94. The van der Waals surface area contributed by atoms with Gasteiger partial charge in [-0.15, -0.1) is 11.3 Å². The molecule has 1 aromatic heterocycles. The largest absolute Gasteiger partial charge is 0.493 e. The van der Waals surface area contributed by atoms with Crippen LogP contribution in [0.1, 0.15) is 11.8 Å². The van der Waals surface area contributed by atoms with Gasteiger partial charge in [0.1, 0.15) is 12.6 Å². The molecule has 8 heteroatoms. The number of thiophene rings is 1. The summed E-state index contributed by atoms with van der Waals surface area (Å²) >= 11 is 1.67. The smallest absolute Gasteiger partial charge is 0.243 e. The van der Waals surface area contributed by atoms with Crippen molar-refractivity contribution in [1.29, 1.82) is 0 Å². The first-order valence-corrected chi connectivity index (χ1v) is 9.92. The summed E-state index contributed by atoms with van der Waals surface area (Å²) in [4.78, 5) is 18.9. The van der Waals surface area contributed by atoms with E-state index in [0.29, 0.717) is 30.5 Å². The quantitative estimate of drug-likeness (QED) is 0.496. The summed E-state index contributed by atoms with van der Waals surface area (Å²) in [5.74, 6) is 1.89. The Morgan fingerprint density at radius 2 is 1.93 bits per heavy atom. The number of likely N-dealkylation sites (N-methyl/N-ethyl adjacent to an activating group) is 1. The highest BCUT2D eigenvalue weighted by Gasteiger charge is 2.10. The maximum atomic E-state index is 11.9. The van der Waals surface area contributed by atoms with Crippen molar-refractivity contribution >= 4 is 23.2 Å². The van der Waals surface area contributed by atoms with Crippen LogP contribution in [0.5, 0.6) is 11.5 Å². The minimum atomic E-state index is -0.130. The number of carbonyl (C=O) groups excluding carboxylic acids is 1. The predicted octanol–water partition coefficient (Wildman–Crippen LogP) is 2.35. The number of rotatable bonds is 9. The summed E-state index contributed by atoms with van der Waals surface area (Å²) in [5.41, 5.74) is 0. The van der Waals surface area contributed by atoms with Crippen LogP contribution in [0.2, 0.25) is 0 Å². The summed E-state index contributed by atoms with van der Waals surface area (Å²) in [7, 11) is 5.05. The number of benzene rings is 1. The number of amides is 1. The van der Waals surface area contributed by atoms with Crippen LogP contribution in [0.3, 0.4) is 0 Å². The Labute approximate surface area is 170 Å². The maximum Gasteiger partial charge on any atom is 0.243 e. The third-order valence-corrected chi connectivity index (χ3v) is 4.71. The average molecular weight is 405 g/mol. The highest BCUT2D eigenvalue weighted by Crippen LogP contribution is 2.26. The van der Waals surface area contributed by atoms with Crippen LogP contribution in [0.25, 0.3) is 0 Å². The number of aliphatic imine (C=N–C) groups is 1. The van der Waals surface area contributed by atoms with E-state index in [1.165, 1.54) is 9.78 Å². The van der Waals surface area contributed by atoms with Crippen LogP contribution < -0.4 is 20.1 Å². The molecule has 0 aliphatic rings. The molecule has 0 saturated heterocycles. The molecule has 28 heavy (non-hydrogen) atoms. The number of hydrogen-bond donors (Lipinski definition) is 2. The van der Waals surface area contributed by atoms with Gasteiger partial charge in [0.2, 0.25) is 5.91 Å². The van der Waals surface area contributed by atoms with Crippen molar-refractivity contribution in [3.05, 3.63) is 46.7 Å². The fourth-order valence-electron chi connectivity index (χ4n) is 2.26. The van der Waals surface area contributed by atoms with Crippen molar-refractivity contribution in [3.63, 3.8) is 0 Å². The lowest BCUT2D eigenvalue weighted by atomic mass is 10.3. The first kappa shape index (κ1) is 21.6. The van der Waals surface area contributed by atoms with Gasteiger partial charge in [-0.1, -0.05) is 18.2 Å². The first-order valence-electron chi connectivity index (χ1n) is 9.04. The average Bonchev–Trinajstić information content (AvgIpc) is 3.21. The van der Waals surface area contributed by atoms with Crippen molar-refractivity contribution in [2.75, 3.05) is 34.3 Å². The molecule has 0 fully saturated rings. The van der Waals surface area contributed by atoms with Crippen LogP contribution in [0, 0.1) is 0 Å². The minimum Gasteiger partial charge on any atom is -0.493 e. The molecule has 152 valence electrons. The summed E-state index contributed by atoms with van der Waals surface area (Å²) in [5, 5.41) is 8.53. The fraction of sp³-hybridized carbons (Fsp3) is 0.400. The molecule has 0 saturated carbocycles. The first-order chi connectivity index (χ1) is 13.5. The van der Waals surface area contributed by atoms with Gasteiger partial charge in [-0.2, -0.15) is 0 Å². The van der Waals surface area contributed by atoms with Gasteiger partial charge < -0.3 is 25.0 Å². The molecule has 2 aromatic rings. The molecular weight excluding hydrogens is 376 g/mol. The van der Waals surface area contributed by atoms with Crippen LogP contribution >= 0.6 is 11.3 Å². The van der Waals surface area contributed by atoms with E-state index in [-0.39, 0.29) is 18.6 Å². The number of ether oxygens (including phenoxy) is 2. The number of methoxy groups -OCH3 is 1. The van der Waals surface area contributed by atoms with Crippen molar-refractivity contribution in [3.8, 4) is 11.5 Å². The van der Waals surface area contributed by atoms with Gasteiger partial charge >= 0.3 is 0 Å². The van der Waals surface area contributed by atoms with E-state index in [9.17, 15) is 4.79 Å². The van der Waals surface area contributed by atoms with Gasteiger partial charge in [0.05, 0.1) is 20.2 Å². The monoisotopic (exact) mass is 404 g/mol. The van der Waals surface area contributed by atoms with E-state index >= 15 is 0 Å². The molecular formula is C20H28N4O3S. The standard InChI is InChI=1S/C20H28N4O3S/c1-15(27-18-10-6-5-9-17(18)26-4)12-21-20(23-14-19(25)24(2)3)22-13-16-8-7-11-28-16/h5-11,15H,12-14H2,1-4H3,(H2,21,22,23). The lowest BCUT2D eigenvalue weighted by molar-refractivity contribution is -0.127. The van der Waals surface area contributed by atoms with E-state index in [4.69, 9.17) is 9.47 Å². The lowest BCUT2D eigenvalue weighted by Crippen LogP contribution is -2.42. The third kappa shape index (κ3) is 7.11. The topological polar surface area (TPSA) is 75.2 Å². The number of nitrogens with zero attached hydrogens (tertiary/aromatic N) is 2. The molecule has 1 unspecified atom stereocenters. The molecule has 0 bridgehead atoms. The summed E-state index contributed by atoms with van der Waals surface area (Å²) < 4.78 is 11.3. The van der Waals surface area contributed by atoms with Crippen LogP contribution in [-0.2, 0) is 11.3 Å². The summed E-state index contributed by atoms with van der Waals surface area (Å²) in [6.45, 7) is 3.20. The zero-order valence-electron chi connectivity index (χ0n) is 16.8. The molecule has 1 amide bonds. The molecule has 1 heterocycles. The molecule has 0 aliphatic heterocycles. The van der Waals surface area contributed by atoms with Gasteiger partial charge in [-0.05, 0) is 30.5 Å². The zero-order chi connectivity index (χ0) is 20.4.